The summed E-state index contributed by atoms with van der Waals surface area (Å²) in [6.07, 6.45) is -7.17. The Balaban J connectivity index is 1.39. The van der Waals surface area contributed by atoms with E-state index in [0.29, 0.717) is 0 Å². The van der Waals surface area contributed by atoms with Gasteiger partial charge in [-0.1, -0.05) is 30.3 Å². The van der Waals surface area contributed by atoms with E-state index >= 15 is 0 Å². The van der Waals surface area contributed by atoms with Crippen LogP contribution in [0.4, 0.5) is 0 Å². The van der Waals surface area contributed by atoms with Gasteiger partial charge in [-0.2, -0.15) is 0 Å². The average Bonchev–Trinajstić information content (AvgIpc) is 3.56. The minimum atomic E-state index is -1.16. The van der Waals surface area contributed by atoms with Gasteiger partial charge in [0.2, 0.25) is 0 Å². The molecule has 4 aliphatic rings. The number of alkyl halides is 1. The summed E-state index contributed by atoms with van der Waals surface area (Å²) in [4.78, 5) is 24.3. The van der Waals surface area contributed by atoms with Crippen LogP contribution in [0.2, 0.25) is 0 Å². The van der Waals surface area contributed by atoms with Crippen molar-refractivity contribution in [3.63, 3.8) is 0 Å². The number of ether oxygens (including phenoxy) is 10. The smallest absolute Gasteiger partial charge is 0.337 e. The fraction of sp³-hybridized carbons (Fsp3) is 0.680. The fourth-order valence-corrected chi connectivity index (χ4v) is 5.20. The predicted octanol–water partition coefficient (Wildman–Crippen LogP) is 1.43. The summed E-state index contributed by atoms with van der Waals surface area (Å²) < 4.78 is 58.7. The highest BCUT2D eigenvalue weighted by Crippen LogP contribution is 2.47. The van der Waals surface area contributed by atoms with Gasteiger partial charge in [0.25, 0.3) is 0 Å². The van der Waals surface area contributed by atoms with E-state index < -0.39 is 72.7 Å². The molecular formula is C25H31ClO12. The number of carbonyl (C=O) groups is 2. The van der Waals surface area contributed by atoms with Crippen molar-refractivity contribution in [2.45, 2.75) is 74.6 Å². The lowest BCUT2D eigenvalue weighted by Crippen LogP contribution is -2.61. The molecule has 4 aliphatic heterocycles. The van der Waals surface area contributed by atoms with E-state index in [2.05, 4.69) is 0 Å². The first-order chi connectivity index (χ1) is 18.2. The molecule has 4 saturated heterocycles. The van der Waals surface area contributed by atoms with Crippen LogP contribution in [-0.2, 0) is 57.0 Å². The molecule has 0 aliphatic carbocycles. The number of benzene rings is 1. The largest absolute Gasteiger partial charge is 0.467 e. The van der Waals surface area contributed by atoms with Crippen LogP contribution < -0.4 is 0 Å². The molecule has 0 spiro atoms. The third kappa shape index (κ3) is 5.17. The second-order valence-corrected chi connectivity index (χ2v) is 10.1. The van der Waals surface area contributed by atoms with Crippen molar-refractivity contribution in [3.05, 3.63) is 35.9 Å². The summed E-state index contributed by atoms with van der Waals surface area (Å²) >= 11 is 5.62. The third-order valence-corrected chi connectivity index (χ3v) is 7.04. The van der Waals surface area contributed by atoms with Gasteiger partial charge in [-0.25, -0.2) is 4.79 Å². The number of carbonyl (C=O) groups excluding carboxylic acids is 2. The van der Waals surface area contributed by atoms with Crippen LogP contribution in [0.1, 0.15) is 25.7 Å². The van der Waals surface area contributed by atoms with Crippen molar-refractivity contribution in [2.24, 2.45) is 0 Å². The highest BCUT2D eigenvalue weighted by Gasteiger charge is 2.64. The zero-order chi connectivity index (χ0) is 27.1. The second-order valence-electron chi connectivity index (χ2n) is 9.81. The molecule has 4 heterocycles. The fourth-order valence-electron chi connectivity index (χ4n) is 5.12. The molecule has 1 aromatic rings. The molecule has 210 valence electrons. The molecular weight excluding hydrogens is 528 g/mol. The van der Waals surface area contributed by atoms with Crippen molar-refractivity contribution >= 4 is 23.5 Å². The molecule has 5 rings (SSSR count). The van der Waals surface area contributed by atoms with E-state index in [9.17, 15) is 9.59 Å². The van der Waals surface area contributed by atoms with E-state index in [1.54, 1.807) is 13.8 Å². The van der Waals surface area contributed by atoms with Gasteiger partial charge in [0.15, 0.2) is 36.4 Å². The monoisotopic (exact) mass is 558 g/mol. The summed E-state index contributed by atoms with van der Waals surface area (Å²) in [5, 5.41) is 0. The molecule has 0 saturated carbocycles. The molecule has 0 unspecified atom stereocenters. The van der Waals surface area contributed by atoms with E-state index in [1.807, 2.05) is 30.3 Å². The SMILES string of the molecule is COC(=O)[C@H]1O[C@H](OC)[C@H](O[C@@H]2OC[C@@]3(COC(=O)CCl)O[C@@H](c4ccccc4)O[C@@H]23)[C@H]2OC(C)(C)O[C@H]21. The molecule has 0 aromatic heterocycles. The molecule has 4 fully saturated rings. The third-order valence-electron chi connectivity index (χ3n) is 6.82. The van der Waals surface area contributed by atoms with E-state index in [4.69, 9.17) is 59.0 Å². The standard InChI is InChI=1S/C25H31ClO12/c1-24(2)36-15-16(37-24)18(22(30-4)33-17(15)20(28)29-3)34-23-19-25(12-32-23,11-31-14(27)10-26)38-21(35-19)13-8-6-5-7-9-13/h5-9,15-19,21-23H,10-12H2,1-4H3/t15-,16+,17+,18-,19+,21+,22+,23+,25-/m1/s1. The van der Waals surface area contributed by atoms with E-state index in [1.165, 1.54) is 14.2 Å². The molecule has 38 heavy (non-hydrogen) atoms. The highest BCUT2D eigenvalue weighted by molar-refractivity contribution is 6.26. The van der Waals surface area contributed by atoms with Crippen LogP contribution >= 0.6 is 11.6 Å². The van der Waals surface area contributed by atoms with Crippen molar-refractivity contribution in [2.75, 3.05) is 33.3 Å². The Kier molecular flexibility index (Phi) is 7.98. The molecule has 0 N–H and O–H groups in total. The van der Waals surface area contributed by atoms with Gasteiger partial charge in [0.1, 0.15) is 36.9 Å². The zero-order valence-corrected chi connectivity index (χ0v) is 22.2. The van der Waals surface area contributed by atoms with Crippen molar-refractivity contribution in [1.82, 2.24) is 0 Å². The van der Waals surface area contributed by atoms with Crippen LogP contribution in [-0.4, -0.2) is 99.7 Å². The molecule has 0 amide bonds. The maximum Gasteiger partial charge on any atom is 0.337 e. The predicted molar refractivity (Wildman–Crippen MR) is 126 cm³/mol. The lowest BCUT2D eigenvalue weighted by molar-refractivity contribution is -0.314. The second kappa shape index (κ2) is 11.0. The molecule has 0 bridgehead atoms. The highest BCUT2D eigenvalue weighted by atomic mass is 35.5. The Morgan fingerprint density at radius 3 is 2.45 bits per heavy atom. The van der Waals surface area contributed by atoms with Crippen LogP contribution in [0.15, 0.2) is 30.3 Å². The van der Waals surface area contributed by atoms with Gasteiger partial charge in [0.05, 0.1) is 13.7 Å². The van der Waals surface area contributed by atoms with Gasteiger partial charge in [-0.15, -0.1) is 11.6 Å². The lowest BCUT2D eigenvalue weighted by atomic mass is 9.98. The topological polar surface area (TPSA) is 126 Å². The van der Waals surface area contributed by atoms with Gasteiger partial charge in [-0.05, 0) is 13.8 Å². The van der Waals surface area contributed by atoms with Crippen molar-refractivity contribution in [1.29, 1.82) is 0 Å². The molecule has 13 heteroatoms. The van der Waals surface area contributed by atoms with Crippen molar-refractivity contribution in [3.8, 4) is 0 Å². The lowest BCUT2D eigenvalue weighted by Gasteiger charge is -2.41. The first-order valence-corrected chi connectivity index (χ1v) is 12.7. The maximum atomic E-state index is 12.5. The number of rotatable bonds is 8. The number of esters is 2. The zero-order valence-electron chi connectivity index (χ0n) is 21.4. The quantitative estimate of drug-likeness (QED) is 0.338. The normalized spacial score (nSPS) is 39.4. The van der Waals surface area contributed by atoms with E-state index in [-0.39, 0.29) is 19.1 Å². The van der Waals surface area contributed by atoms with Crippen LogP contribution in [0.3, 0.4) is 0 Å². The first kappa shape index (κ1) is 27.7. The Labute approximate surface area is 224 Å². The number of halogens is 1. The number of methoxy groups -OCH3 is 2. The Morgan fingerprint density at radius 1 is 1.03 bits per heavy atom. The summed E-state index contributed by atoms with van der Waals surface area (Å²) in [5.41, 5.74) is -0.389. The maximum absolute atomic E-state index is 12.5. The average molecular weight is 559 g/mol. The van der Waals surface area contributed by atoms with Gasteiger partial charge in [-0.3, -0.25) is 4.79 Å². The van der Waals surface area contributed by atoms with Gasteiger partial charge in [0, 0.05) is 12.7 Å². The van der Waals surface area contributed by atoms with Gasteiger partial charge < -0.3 is 47.4 Å². The molecule has 12 nitrogen and oxygen atoms in total. The first-order valence-electron chi connectivity index (χ1n) is 12.2. The number of fused-ring (bicyclic) bond motifs is 2. The summed E-state index contributed by atoms with van der Waals surface area (Å²) in [7, 11) is 2.68. The number of hydrogen-bond acceptors (Lipinski definition) is 12. The van der Waals surface area contributed by atoms with Crippen LogP contribution in [0.5, 0.6) is 0 Å². The summed E-state index contributed by atoms with van der Waals surface area (Å²) in [5.74, 6) is -2.57. The summed E-state index contributed by atoms with van der Waals surface area (Å²) in [6.45, 7) is 3.29. The Bertz CT molecular complexity index is 1010. The molecule has 1 aromatic carbocycles. The van der Waals surface area contributed by atoms with Gasteiger partial charge >= 0.3 is 11.9 Å². The summed E-state index contributed by atoms with van der Waals surface area (Å²) in [6, 6.07) is 9.32. The van der Waals surface area contributed by atoms with Crippen LogP contribution in [0, 0.1) is 0 Å². The Hall–Kier alpha value is -1.87. The molecule has 9 atom stereocenters. The minimum Gasteiger partial charge on any atom is -0.467 e. The molecule has 0 radical (unpaired) electrons. The van der Waals surface area contributed by atoms with Crippen molar-refractivity contribution < 1.29 is 57.0 Å². The minimum absolute atomic E-state index is 0.00812. The number of hydrogen-bond donors (Lipinski definition) is 0. The Morgan fingerprint density at radius 2 is 1.76 bits per heavy atom. The van der Waals surface area contributed by atoms with E-state index in [0.717, 1.165) is 5.56 Å². The van der Waals surface area contributed by atoms with Crippen LogP contribution in [0.25, 0.3) is 0 Å².